The van der Waals surface area contributed by atoms with Gasteiger partial charge in [0.15, 0.2) is 5.58 Å². The van der Waals surface area contributed by atoms with E-state index in [-0.39, 0.29) is 30.8 Å². The molecule has 132 valence electrons. The van der Waals surface area contributed by atoms with Crippen LogP contribution in [0.1, 0.15) is 17.6 Å². The highest BCUT2D eigenvalue weighted by molar-refractivity contribution is 5.86. The van der Waals surface area contributed by atoms with Crippen LogP contribution < -0.4 is 5.32 Å². The number of rotatable bonds is 3. The monoisotopic (exact) mass is 361 g/mol. The first-order valence-corrected chi connectivity index (χ1v) is 8.05. The summed E-state index contributed by atoms with van der Waals surface area (Å²) in [5.74, 6) is 0.934. The molecule has 4 rings (SSSR count). The molecule has 0 bridgehead atoms. The predicted octanol–water partition coefficient (Wildman–Crippen LogP) is 1.70. The molecule has 1 fully saturated rings. The lowest BCUT2D eigenvalue weighted by atomic mass is 10.1. The van der Waals surface area contributed by atoms with E-state index in [1.807, 2.05) is 47.0 Å². The van der Waals surface area contributed by atoms with Gasteiger partial charge in [-0.15, -0.1) is 12.4 Å². The number of carbonyl (C=O) groups excluding carboxylic acids is 1. The second-order valence-corrected chi connectivity index (χ2v) is 6.01. The molecule has 1 aromatic carbocycles. The van der Waals surface area contributed by atoms with Gasteiger partial charge in [0.2, 0.25) is 5.91 Å². The van der Waals surface area contributed by atoms with Crippen molar-refractivity contribution in [3.63, 3.8) is 0 Å². The van der Waals surface area contributed by atoms with E-state index in [9.17, 15) is 4.79 Å². The Hall–Kier alpha value is -2.38. The molecule has 1 atom stereocenters. The second-order valence-electron chi connectivity index (χ2n) is 6.01. The van der Waals surface area contributed by atoms with E-state index in [2.05, 4.69) is 15.5 Å². The van der Waals surface area contributed by atoms with E-state index in [1.54, 1.807) is 6.20 Å². The first kappa shape index (κ1) is 17.4. The number of para-hydroxylation sites is 1. The number of halogens is 1. The lowest BCUT2D eigenvalue weighted by molar-refractivity contribution is -0.134. The predicted molar refractivity (Wildman–Crippen MR) is 95.5 cm³/mol. The fraction of sp³-hybridized carbons (Fsp3) is 0.353. The molecule has 3 heterocycles. The van der Waals surface area contributed by atoms with Gasteiger partial charge >= 0.3 is 0 Å². The zero-order chi connectivity index (χ0) is 16.5. The number of hydrogen-bond acceptors (Lipinski definition) is 5. The van der Waals surface area contributed by atoms with Gasteiger partial charge in [-0.25, -0.2) is 4.98 Å². The molecule has 8 heteroatoms. The van der Waals surface area contributed by atoms with Gasteiger partial charge in [-0.2, -0.15) is 0 Å². The minimum absolute atomic E-state index is 0. The first-order valence-electron chi connectivity index (χ1n) is 8.05. The molecule has 1 aliphatic rings. The molecule has 1 N–H and O–H groups in total. The van der Waals surface area contributed by atoms with Crippen molar-refractivity contribution in [2.75, 3.05) is 19.6 Å². The van der Waals surface area contributed by atoms with Crippen LogP contribution in [-0.4, -0.2) is 45.1 Å². The van der Waals surface area contributed by atoms with Gasteiger partial charge in [0.1, 0.15) is 17.6 Å². The number of nitrogens with zero attached hydrogens (tertiary/aromatic N) is 4. The highest BCUT2D eigenvalue weighted by Crippen LogP contribution is 2.23. The lowest BCUT2D eigenvalue weighted by Crippen LogP contribution is -2.49. The smallest absolute Gasteiger partial charge is 0.229 e. The largest absolute Gasteiger partial charge is 0.356 e. The number of fused-ring (bicyclic) bond motifs is 1. The number of carbonyl (C=O) groups is 1. The van der Waals surface area contributed by atoms with Crippen molar-refractivity contribution >= 4 is 29.3 Å². The molecular weight excluding hydrogens is 342 g/mol. The minimum Gasteiger partial charge on any atom is -0.356 e. The van der Waals surface area contributed by atoms with Crippen LogP contribution in [0.2, 0.25) is 0 Å². The van der Waals surface area contributed by atoms with Crippen LogP contribution in [-0.2, 0) is 18.3 Å². The van der Waals surface area contributed by atoms with E-state index in [4.69, 9.17) is 4.52 Å². The van der Waals surface area contributed by atoms with E-state index in [0.717, 1.165) is 17.8 Å². The number of imidazole rings is 1. The van der Waals surface area contributed by atoms with E-state index in [0.29, 0.717) is 24.4 Å². The van der Waals surface area contributed by atoms with E-state index < -0.39 is 0 Å². The van der Waals surface area contributed by atoms with Gasteiger partial charge in [-0.05, 0) is 12.1 Å². The molecular formula is C17H20ClN5O2. The fourth-order valence-electron chi connectivity index (χ4n) is 3.24. The van der Waals surface area contributed by atoms with Crippen LogP contribution in [0.25, 0.3) is 11.0 Å². The summed E-state index contributed by atoms with van der Waals surface area (Å²) in [5.41, 5.74) is 1.40. The average molecular weight is 362 g/mol. The van der Waals surface area contributed by atoms with Gasteiger partial charge in [0.25, 0.3) is 0 Å². The highest BCUT2D eigenvalue weighted by atomic mass is 35.5. The van der Waals surface area contributed by atoms with Crippen molar-refractivity contribution in [2.24, 2.45) is 7.05 Å². The standard InChI is InChI=1S/C17H19N5O2.ClH/c1-21-8-7-19-17(21)14-11-18-6-9-22(14)16(23)10-13-12-4-2-3-5-15(12)24-20-13;/h2-5,7-8,14,18H,6,9-11H2,1H3;1H. The molecule has 2 aromatic heterocycles. The lowest BCUT2D eigenvalue weighted by Gasteiger charge is -2.35. The molecule has 0 aliphatic carbocycles. The Balaban J connectivity index is 0.00000182. The maximum atomic E-state index is 12.9. The summed E-state index contributed by atoms with van der Waals surface area (Å²) < 4.78 is 7.27. The van der Waals surface area contributed by atoms with Crippen molar-refractivity contribution in [2.45, 2.75) is 12.5 Å². The molecule has 25 heavy (non-hydrogen) atoms. The fourth-order valence-corrected chi connectivity index (χ4v) is 3.24. The summed E-state index contributed by atoms with van der Waals surface area (Å²) in [6.07, 6.45) is 3.90. The number of hydrogen-bond donors (Lipinski definition) is 1. The Morgan fingerprint density at radius 1 is 1.40 bits per heavy atom. The number of piperazine rings is 1. The molecule has 0 spiro atoms. The van der Waals surface area contributed by atoms with Crippen molar-refractivity contribution in [1.29, 1.82) is 0 Å². The average Bonchev–Trinajstić information content (AvgIpc) is 3.21. The van der Waals surface area contributed by atoms with Crippen LogP contribution in [0.3, 0.4) is 0 Å². The van der Waals surface area contributed by atoms with Crippen LogP contribution >= 0.6 is 12.4 Å². The minimum atomic E-state index is -0.0654. The second kappa shape index (κ2) is 7.25. The summed E-state index contributed by atoms with van der Waals surface area (Å²) in [4.78, 5) is 19.2. The SMILES string of the molecule is Cl.Cn1ccnc1C1CNCCN1C(=O)Cc1noc2ccccc12. The Morgan fingerprint density at radius 2 is 2.24 bits per heavy atom. The third-order valence-corrected chi connectivity index (χ3v) is 4.49. The van der Waals surface area contributed by atoms with E-state index in [1.165, 1.54) is 0 Å². The summed E-state index contributed by atoms with van der Waals surface area (Å²) >= 11 is 0. The highest BCUT2D eigenvalue weighted by Gasteiger charge is 2.31. The molecule has 1 unspecified atom stereocenters. The molecule has 1 aliphatic heterocycles. The van der Waals surface area contributed by atoms with Crippen LogP contribution in [0, 0.1) is 0 Å². The number of aryl methyl sites for hydroxylation is 1. The molecule has 0 radical (unpaired) electrons. The Bertz CT molecular complexity index is 875. The van der Waals surface area contributed by atoms with E-state index >= 15 is 0 Å². The Morgan fingerprint density at radius 3 is 3.04 bits per heavy atom. The zero-order valence-corrected chi connectivity index (χ0v) is 14.7. The third-order valence-electron chi connectivity index (χ3n) is 4.49. The van der Waals surface area contributed by atoms with Crippen LogP contribution in [0.4, 0.5) is 0 Å². The molecule has 1 saturated heterocycles. The zero-order valence-electron chi connectivity index (χ0n) is 13.9. The molecule has 1 amide bonds. The van der Waals surface area contributed by atoms with Crippen LogP contribution in [0.15, 0.2) is 41.2 Å². The third kappa shape index (κ3) is 3.25. The summed E-state index contributed by atoms with van der Waals surface area (Å²) in [7, 11) is 1.95. The molecule has 3 aromatic rings. The molecule has 7 nitrogen and oxygen atoms in total. The summed E-state index contributed by atoms with van der Waals surface area (Å²) in [5, 5.41) is 8.32. The first-order chi connectivity index (χ1) is 11.7. The van der Waals surface area contributed by atoms with Gasteiger partial charge in [0.05, 0.1) is 6.42 Å². The molecule has 0 saturated carbocycles. The maximum Gasteiger partial charge on any atom is 0.229 e. The number of nitrogens with one attached hydrogen (secondary N) is 1. The van der Waals surface area contributed by atoms with Crippen molar-refractivity contribution < 1.29 is 9.32 Å². The van der Waals surface area contributed by atoms with Crippen molar-refractivity contribution in [3.8, 4) is 0 Å². The van der Waals surface area contributed by atoms with Gasteiger partial charge in [0, 0.05) is 44.5 Å². The Kier molecular flexibility index (Phi) is 5.06. The van der Waals surface area contributed by atoms with Gasteiger partial charge in [-0.3, -0.25) is 4.79 Å². The Labute approximate surface area is 151 Å². The maximum absolute atomic E-state index is 12.9. The normalized spacial score (nSPS) is 17.5. The topological polar surface area (TPSA) is 76.2 Å². The number of amides is 1. The van der Waals surface area contributed by atoms with Gasteiger partial charge < -0.3 is 19.3 Å². The number of aromatic nitrogens is 3. The van der Waals surface area contributed by atoms with Gasteiger partial charge in [-0.1, -0.05) is 17.3 Å². The summed E-state index contributed by atoms with van der Waals surface area (Å²) in [6, 6.07) is 7.55. The van der Waals surface area contributed by atoms with Crippen LogP contribution in [0.5, 0.6) is 0 Å². The van der Waals surface area contributed by atoms with Crippen molar-refractivity contribution in [1.82, 2.24) is 24.9 Å². The number of benzene rings is 1. The summed E-state index contributed by atoms with van der Waals surface area (Å²) in [6.45, 7) is 2.15. The van der Waals surface area contributed by atoms with Crippen molar-refractivity contribution in [3.05, 3.63) is 48.2 Å². The quantitative estimate of drug-likeness (QED) is 0.768.